The minimum Gasteiger partial charge on any atom is -0.369 e. The second kappa shape index (κ2) is 4.43. The van der Waals surface area contributed by atoms with Crippen molar-refractivity contribution >= 4 is 16.7 Å². The number of fused-ring (bicyclic) bond motifs is 1. The van der Waals surface area contributed by atoms with Gasteiger partial charge in [0.2, 0.25) is 0 Å². The maximum absolute atomic E-state index is 5.83. The molecule has 0 spiro atoms. The average Bonchev–Trinajstić information content (AvgIpc) is 2.80. The average molecular weight is 251 g/mol. The number of benzene rings is 2. The van der Waals surface area contributed by atoms with E-state index in [0.717, 1.165) is 17.0 Å². The zero-order chi connectivity index (χ0) is 13.4. The Hall–Kier alpha value is -2.29. The number of anilines is 1. The third-order valence-corrected chi connectivity index (χ3v) is 3.37. The Bertz CT molecular complexity index is 720. The molecule has 0 atom stereocenters. The van der Waals surface area contributed by atoms with Crippen molar-refractivity contribution in [2.24, 2.45) is 0 Å². The molecule has 0 saturated carbocycles. The van der Waals surface area contributed by atoms with Gasteiger partial charge in [0, 0.05) is 11.3 Å². The normalized spacial score (nSPS) is 11.3. The van der Waals surface area contributed by atoms with E-state index in [9.17, 15) is 0 Å². The fraction of sp³-hybridized carbons (Fsp3) is 0.188. The van der Waals surface area contributed by atoms with Crippen LogP contribution in [0.25, 0.3) is 22.0 Å². The van der Waals surface area contributed by atoms with E-state index in [4.69, 9.17) is 5.73 Å². The summed E-state index contributed by atoms with van der Waals surface area (Å²) in [6, 6.07) is 14.6. The number of nitrogen functional groups attached to an aromatic ring is 1. The largest absolute Gasteiger partial charge is 0.369 e. The van der Waals surface area contributed by atoms with Gasteiger partial charge < -0.3 is 10.7 Å². The van der Waals surface area contributed by atoms with E-state index in [1.807, 2.05) is 6.07 Å². The van der Waals surface area contributed by atoms with E-state index in [1.54, 1.807) is 0 Å². The Kier molecular flexibility index (Phi) is 2.75. The molecule has 0 aliphatic heterocycles. The monoisotopic (exact) mass is 251 g/mol. The molecule has 0 aliphatic carbocycles. The Morgan fingerprint density at radius 1 is 1.05 bits per heavy atom. The van der Waals surface area contributed by atoms with Gasteiger partial charge in [0.05, 0.1) is 5.69 Å². The fourth-order valence-corrected chi connectivity index (χ4v) is 2.46. The molecule has 1 heterocycles. The van der Waals surface area contributed by atoms with Crippen LogP contribution in [-0.2, 0) is 0 Å². The molecule has 19 heavy (non-hydrogen) atoms. The zero-order valence-electron chi connectivity index (χ0n) is 11.1. The van der Waals surface area contributed by atoms with Gasteiger partial charge >= 0.3 is 0 Å². The van der Waals surface area contributed by atoms with Gasteiger partial charge in [-0.2, -0.15) is 0 Å². The molecule has 0 unspecified atom stereocenters. The quantitative estimate of drug-likeness (QED) is 0.725. The lowest BCUT2D eigenvalue weighted by molar-refractivity contribution is 0.836. The summed E-state index contributed by atoms with van der Waals surface area (Å²) < 4.78 is 0. The summed E-state index contributed by atoms with van der Waals surface area (Å²) in [6.07, 6.45) is 0. The topological polar surface area (TPSA) is 54.7 Å². The molecular weight excluding hydrogens is 234 g/mol. The van der Waals surface area contributed by atoms with Crippen LogP contribution in [0.15, 0.2) is 42.5 Å². The summed E-state index contributed by atoms with van der Waals surface area (Å²) in [4.78, 5) is 7.65. The van der Waals surface area contributed by atoms with Crippen LogP contribution in [0.3, 0.4) is 0 Å². The molecule has 96 valence electrons. The van der Waals surface area contributed by atoms with Gasteiger partial charge in [-0.3, -0.25) is 0 Å². The molecule has 0 bridgehead atoms. The number of nitrogens with one attached hydrogen (secondary N) is 1. The van der Waals surface area contributed by atoms with Gasteiger partial charge in [-0.25, -0.2) is 4.98 Å². The van der Waals surface area contributed by atoms with Gasteiger partial charge in [-0.15, -0.1) is 0 Å². The van der Waals surface area contributed by atoms with Crippen molar-refractivity contribution in [1.82, 2.24) is 9.97 Å². The first-order valence-electron chi connectivity index (χ1n) is 6.50. The smallest absolute Gasteiger partial charge is 0.198 e. The van der Waals surface area contributed by atoms with Crippen LogP contribution >= 0.6 is 0 Å². The summed E-state index contributed by atoms with van der Waals surface area (Å²) in [6.45, 7) is 4.28. The Morgan fingerprint density at radius 2 is 1.79 bits per heavy atom. The minimum atomic E-state index is 0.360. The van der Waals surface area contributed by atoms with Crippen molar-refractivity contribution in [3.8, 4) is 11.3 Å². The SMILES string of the molecule is CC(C)c1[nH]c(N)nc1-c1cccc2ccccc12. The lowest BCUT2D eigenvalue weighted by Crippen LogP contribution is -1.92. The van der Waals surface area contributed by atoms with Crippen molar-refractivity contribution in [1.29, 1.82) is 0 Å². The van der Waals surface area contributed by atoms with Crippen molar-refractivity contribution in [2.45, 2.75) is 19.8 Å². The van der Waals surface area contributed by atoms with Gasteiger partial charge in [0.1, 0.15) is 0 Å². The molecule has 3 rings (SSSR count). The highest BCUT2D eigenvalue weighted by atomic mass is 15.0. The minimum absolute atomic E-state index is 0.360. The highest BCUT2D eigenvalue weighted by Gasteiger charge is 2.15. The summed E-state index contributed by atoms with van der Waals surface area (Å²) in [7, 11) is 0. The first kappa shape index (κ1) is 11.8. The lowest BCUT2D eigenvalue weighted by atomic mass is 9.98. The Balaban J connectivity index is 2.30. The molecule has 1 aromatic heterocycles. The van der Waals surface area contributed by atoms with Crippen LogP contribution in [0.5, 0.6) is 0 Å². The highest BCUT2D eigenvalue weighted by molar-refractivity contribution is 5.96. The molecule has 3 N–H and O–H groups in total. The molecule has 0 amide bonds. The molecule has 2 aromatic carbocycles. The third-order valence-electron chi connectivity index (χ3n) is 3.37. The van der Waals surface area contributed by atoms with E-state index in [0.29, 0.717) is 11.9 Å². The summed E-state index contributed by atoms with van der Waals surface area (Å²) in [5, 5.41) is 2.43. The van der Waals surface area contributed by atoms with Gasteiger partial charge in [0.15, 0.2) is 5.95 Å². The third kappa shape index (κ3) is 1.97. The molecular formula is C16H17N3. The maximum atomic E-state index is 5.83. The molecule has 3 heteroatoms. The van der Waals surface area contributed by atoms with Crippen molar-refractivity contribution in [2.75, 3.05) is 5.73 Å². The van der Waals surface area contributed by atoms with Crippen molar-refractivity contribution in [3.05, 3.63) is 48.2 Å². The molecule has 0 fully saturated rings. The van der Waals surface area contributed by atoms with Crippen LogP contribution in [0.4, 0.5) is 5.95 Å². The summed E-state index contributed by atoms with van der Waals surface area (Å²) >= 11 is 0. The van der Waals surface area contributed by atoms with Crippen LogP contribution in [0.1, 0.15) is 25.5 Å². The number of nitrogens with two attached hydrogens (primary N) is 1. The number of H-pyrrole nitrogens is 1. The number of imidazole rings is 1. The first-order chi connectivity index (χ1) is 9.16. The fourth-order valence-electron chi connectivity index (χ4n) is 2.46. The Labute approximate surface area is 112 Å². The van der Waals surface area contributed by atoms with E-state index < -0.39 is 0 Å². The standard InChI is InChI=1S/C16H17N3/c1-10(2)14-15(19-16(17)18-14)13-9-5-7-11-6-3-4-8-12(11)13/h3-10H,1-2H3,(H3,17,18,19). The second-order valence-corrected chi connectivity index (χ2v) is 5.07. The van der Waals surface area contributed by atoms with E-state index in [2.05, 4.69) is 60.2 Å². The predicted octanol–water partition coefficient (Wildman–Crippen LogP) is 3.94. The number of hydrogen-bond acceptors (Lipinski definition) is 2. The van der Waals surface area contributed by atoms with Gasteiger partial charge in [0.25, 0.3) is 0 Å². The molecule has 3 aromatic rings. The lowest BCUT2D eigenvalue weighted by Gasteiger charge is -2.08. The zero-order valence-corrected chi connectivity index (χ0v) is 11.1. The van der Waals surface area contributed by atoms with Crippen LogP contribution < -0.4 is 5.73 Å². The van der Waals surface area contributed by atoms with Crippen molar-refractivity contribution < 1.29 is 0 Å². The first-order valence-corrected chi connectivity index (χ1v) is 6.50. The molecule has 0 saturated heterocycles. The second-order valence-electron chi connectivity index (χ2n) is 5.07. The number of aromatic amines is 1. The van der Waals surface area contributed by atoms with E-state index in [1.165, 1.54) is 10.8 Å². The molecule has 0 aliphatic rings. The van der Waals surface area contributed by atoms with E-state index >= 15 is 0 Å². The van der Waals surface area contributed by atoms with Crippen LogP contribution in [-0.4, -0.2) is 9.97 Å². The summed E-state index contributed by atoms with van der Waals surface area (Å²) in [5.74, 6) is 0.838. The van der Waals surface area contributed by atoms with Crippen LogP contribution in [0.2, 0.25) is 0 Å². The number of aromatic nitrogens is 2. The number of rotatable bonds is 2. The molecule has 3 nitrogen and oxygen atoms in total. The molecule has 0 radical (unpaired) electrons. The van der Waals surface area contributed by atoms with Gasteiger partial charge in [-0.1, -0.05) is 56.3 Å². The summed E-state index contributed by atoms with van der Waals surface area (Å²) in [5.41, 5.74) is 9.02. The highest BCUT2D eigenvalue weighted by Crippen LogP contribution is 2.32. The number of nitrogens with zero attached hydrogens (tertiary/aromatic N) is 1. The van der Waals surface area contributed by atoms with E-state index in [-0.39, 0.29) is 0 Å². The maximum Gasteiger partial charge on any atom is 0.198 e. The predicted molar refractivity (Wildman–Crippen MR) is 80.0 cm³/mol. The number of hydrogen-bond donors (Lipinski definition) is 2. The van der Waals surface area contributed by atoms with Crippen LogP contribution in [0, 0.1) is 0 Å². The van der Waals surface area contributed by atoms with Gasteiger partial charge in [-0.05, 0) is 16.7 Å². The van der Waals surface area contributed by atoms with Crippen molar-refractivity contribution in [3.63, 3.8) is 0 Å². The Morgan fingerprint density at radius 3 is 2.58 bits per heavy atom.